The number of hydrogen-bond donors (Lipinski definition) is 2. The van der Waals surface area contributed by atoms with Crippen LogP contribution < -0.4 is 16.2 Å². The number of nitrogens with one attached hydrogen (secondary N) is 1. The van der Waals surface area contributed by atoms with Gasteiger partial charge in [-0.25, -0.2) is 0 Å². The maximum Gasteiger partial charge on any atom is 0.250 e. The second-order valence-corrected chi connectivity index (χ2v) is 7.21. The molecule has 1 atom stereocenters. The standard InChI is InChI=1S/C20H17NO3.C8H8/c1-13(22)21-18-17(19(23)20(18)24)16-11-9-15(10-12-16)8-7-14-5-3-2-4-6-14;1-2-8-6-4-3-5-7-8/h2-13,21-22H,1H3;2-7H,1H2/b8-7+;. The predicted octanol–water partition coefficient (Wildman–Crippen LogP) is 5.20. The van der Waals surface area contributed by atoms with Crippen LogP contribution in [0.1, 0.15) is 23.6 Å². The molecule has 0 saturated heterocycles. The Morgan fingerprint density at radius 1 is 0.750 bits per heavy atom. The molecule has 32 heavy (non-hydrogen) atoms. The summed E-state index contributed by atoms with van der Waals surface area (Å²) < 4.78 is 0. The van der Waals surface area contributed by atoms with Gasteiger partial charge in [0.25, 0.3) is 0 Å². The van der Waals surface area contributed by atoms with Gasteiger partial charge >= 0.3 is 0 Å². The fraction of sp³-hybridized carbons (Fsp3) is 0.0714. The van der Waals surface area contributed by atoms with Crippen molar-refractivity contribution in [2.45, 2.75) is 13.2 Å². The van der Waals surface area contributed by atoms with E-state index in [4.69, 9.17) is 0 Å². The van der Waals surface area contributed by atoms with Crippen LogP contribution in [0.3, 0.4) is 0 Å². The molecule has 2 N–H and O–H groups in total. The minimum absolute atomic E-state index is 0.183. The van der Waals surface area contributed by atoms with Gasteiger partial charge in [-0.3, -0.25) is 9.59 Å². The molecular formula is C28H25NO3. The zero-order valence-corrected chi connectivity index (χ0v) is 17.9. The van der Waals surface area contributed by atoms with Gasteiger partial charge in [0.15, 0.2) is 0 Å². The number of benzene rings is 3. The SMILES string of the molecule is C=Cc1ccccc1.CC(O)Nc1c(-c2ccc(/C=C/c3ccccc3)cc2)c(=O)c1=O. The highest BCUT2D eigenvalue weighted by molar-refractivity contribution is 5.82. The molecule has 4 rings (SSSR count). The average Bonchev–Trinajstić information content (AvgIpc) is 2.84. The van der Waals surface area contributed by atoms with Crippen LogP contribution in [0.15, 0.2) is 101 Å². The molecule has 0 amide bonds. The van der Waals surface area contributed by atoms with Gasteiger partial charge in [0.2, 0.25) is 10.9 Å². The molecule has 0 heterocycles. The molecule has 0 aliphatic rings. The van der Waals surface area contributed by atoms with Crippen molar-refractivity contribution in [3.8, 4) is 11.1 Å². The van der Waals surface area contributed by atoms with Gasteiger partial charge in [0, 0.05) is 0 Å². The van der Waals surface area contributed by atoms with Gasteiger partial charge in [-0.1, -0.05) is 110 Å². The number of anilines is 1. The predicted molar refractivity (Wildman–Crippen MR) is 134 cm³/mol. The third-order valence-electron chi connectivity index (χ3n) is 4.77. The van der Waals surface area contributed by atoms with Crippen LogP contribution in [0.5, 0.6) is 0 Å². The Kier molecular flexibility index (Phi) is 7.68. The molecular weight excluding hydrogens is 398 g/mol. The Labute approximate surface area is 187 Å². The van der Waals surface area contributed by atoms with Crippen LogP contribution in [-0.4, -0.2) is 11.3 Å². The molecule has 4 aromatic rings. The van der Waals surface area contributed by atoms with E-state index < -0.39 is 17.1 Å². The third-order valence-corrected chi connectivity index (χ3v) is 4.77. The second-order valence-electron chi connectivity index (χ2n) is 7.21. The Morgan fingerprint density at radius 3 is 1.72 bits per heavy atom. The summed E-state index contributed by atoms with van der Waals surface area (Å²) in [5.41, 5.74) is 3.35. The van der Waals surface area contributed by atoms with Crippen molar-refractivity contribution in [1.29, 1.82) is 0 Å². The fourth-order valence-electron chi connectivity index (χ4n) is 3.12. The van der Waals surface area contributed by atoms with E-state index in [1.54, 1.807) is 12.1 Å². The molecule has 160 valence electrons. The first-order valence-corrected chi connectivity index (χ1v) is 10.3. The zero-order chi connectivity index (χ0) is 22.9. The Balaban J connectivity index is 0.000000305. The average molecular weight is 424 g/mol. The smallest absolute Gasteiger partial charge is 0.250 e. The minimum atomic E-state index is -0.889. The van der Waals surface area contributed by atoms with E-state index in [9.17, 15) is 14.7 Å². The van der Waals surface area contributed by atoms with Crippen LogP contribution in [0, 0.1) is 0 Å². The monoisotopic (exact) mass is 423 g/mol. The maximum atomic E-state index is 11.8. The molecule has 0 fully saturated rings. The van der Waals surface area contributed by atoms with Crippen LogP contribution in [-0.2, 0) is 0 Å². The van der Waals surface area contributed by atoms with Crippen molar-refractivity contribution in [2.24, 2.45) is 0 Å². The Morgan fingerprint density at radius 2 is 1.25 bits per heavy atom. The molecule has 4 aromatic carbocycles. The van der Waals surface area contributed by atoms with Crippen molar-refractivity contribution >= 4 is 23.9 Å². The summed E-state index contributed by atoms with van der Waals surface area (Å²) in [5.74, 6) is 0. The first-order valence-electron chi connectivity index (χ1n) is 10.3. The summed E-state index contributed by atoms with van der Waals surface area (Å²) in [5, 5.41) is 12.0. The van der Waals surface area contributed by atoms with Gasteiger partial charge < -0.3 is 10.4 Å². The van der Waals surface area contributed by atoms with Crippen molar-refractivity contribution < 1.29 is 5.11 Å². The molecule has 1 unspecified atom stereocenters. The summed E-state index contributed by atoms with van der Waals surface area (Å²) in [6.07, 6.45) is 4.93. The minimum Gasteiger partial charge on any atom is -0.374 e. The summed E-state index contributed by atoms with van der Waals surface area (Å²) in [4.78, 5) is 23.4. The molecule has 0 aliphatic carbocycles. The van der Waals surface area contributed by atoms with E-state index in [0.29, 0.717) is 11.1 Å². The molecule has 0 spiro atoms. The highest BCUT2D eigenvalue weighted by Gasteiger charge is 2.22. The lowest BCUT2D eigenvalue weighted by Gasteiger charge is -2.15. The van der Waals surface area contributed by atoms with Gasteiger partial charge in [-0.05, 0) is 29.2 Å². The highest BCUT2D eigenvalue weighted by Crippen LogP contribution is 2.24. The Hall–Kier alpha value is -4.02. The van der Waals surface area contributed by atoms with Crippen LogP contribution in [0.25, 0.3) is 29.4 Å². The normalized spacial score (nSPS) is 11.6. The molecule has 4 nitrogen and oxygen atoms in total. The van der Waals surface area contributed by atoms with E-state index in [1.807, 2.05) is 91.0 Å². The molecule has 0 radical (unpaired) electrons. The number of hydrogen-bond acceptors (Lipinski definition) is 4. The van der Waals surface area contributed by atoms with Gasteiger partial charge in [-0.2, -0.15) is 0 Å². The van der Waals surface area contributed by atoms with Gasteiger partial charge in [0.1, 0.15) is 11.9 Å². The van der Waals surface area contributed by atoms with Crippen molar-refractivity contribution in [3.63, 3.8) is 0 Å². The molecule has 0 aromatic heterocycles. The molecule has 4 heteroatoms. The lowest BCUT2D eigenvalue weighted by Crippen LogP contribution is -2.38. The first kappa shape index (κ1) is 22.7. The zero-order valence-electron chi connectivity index (χ0n) is 17.9. The largest absolute Gasteiger partial charge is 0.374 e. The second kappa shape index (κ2) is 10.8. The number of aliphatic hydroxyl groups is 1. The van der Waals surface area contributed by atoms with Crippen LogP contribution in [0.4, 0.5) is 5.69 Å². The highest BCUT2D eigenvalue weighted by atomic mass is 16.3. The van der Waals surface area contributed by atoms with Crippen LogP contribution >= 0.6 is 0 Å². The van der Waals surface area contributed by atoms with E-state index in [2.05, 4.69) is 11.9 Å². The third kappa shape index (κ3) is 5.78. The Bertz CT molecular complexity index is 1250. The molecule has 0 saturated carbocycles. The fourth-order valence-corrected chi connectivity index (χ4v) is 3.12. The maximum absolute atomic E-state index is 11.8. The number of rotatable bonds is 6. The summed E-state index contributed by atoms with van der Waals surface area (Å²) in [6, 6.07) is 27.4. The van der Waals surface area contributed by atoms with Crippen molar-refractivity contribution in [3.05, 3.63) is 129 Å². The van der Waals surface area contributed by atoms with E-state index in [1.165, 1.54) is 12.5 Å². The van der Waals surface area contributed by atoms with Crippen LogP contribution in [0.2, 0.25) is 0 Å². The lowest BCUT2D eigenvalue weighted by molar-refractivity contribution is 0.224. The summed E-state index contributed by atoms with van der Waals surface area (Å²) in [6.45, 7) is 5.13. The van der Waals surface area contributed by atoms with E-state index >= 15 is 0 Å². The molecule has 0 aliphatic heterocycles. The topological polar surface area (TPSA) is 66.4 Å². The van der Waals surface area contributed by atoms with Crippen molar-refractivity contribution in [2.75, 3.05) is 5.32 Å². The van der Waals surface area contributed by atoms with Gasteiger partial charge in [0.05, 0.1) is 5.56 Å². The lowest BCUT2D eigenvalue weighted by atomic mass is 9.97. The summed E-state index contributed by atoms with van der Waals surface area (Å²) >= 11 is 0. The number of aliphatic hydroxyl groups excluding tert-OH is 1. The first-order chi connectivity index (χ1) is 15.5. The van der Waals surface area contributed by atoms with Crippen molar-refractivity contribution in [1.82, 2.24) is 0 Å². The van der Waals surface area contributed by atoms with E-state index in [0.717, 1.165) is 11.1 Å². The quantitative estimate of drug-likeness (QED) is 0.254. The van der Waals surface area contributed by atoms with E-state index in [-0.39, 0.29) is 5.69 Å². The molecule has 0 bridgehead atoms. The van der Waals surface area contributed by atoms with Gasteiger partial charge in [-0.15, -0.1) is 0 Å². The summed E-state index contributed by atoms with van der Waals surface area (Å²) in [7, 11) is 0.